The summed E-state index contributed by atoms with van der Waals surface area (Å²) in [5, 5.41) is 0. The highest BCUT2D eigenvalue weighted by molar-refractivity contribution is 9.10. The molecular formula is C12H6Br2F2S2. The molecule has 0 aliphatic heterocycles. The Bertz CT molecular complexity index is 524. The van der Waals surface area contributed by atoms with Gasteiger partial charge in [-0.2, -0.15) is 0 Å². The molecule has 0 saturated heterocycles. The summed E-state index contributed by atoms with van der Waals surface area (Å²) in [5.74, 6) is -0.606. The highest BCUT2D eigenvalue weighted by atomic mass is 79.9. The molecule has 0 aliphatic carbocycles. The second kappa shape index (κ2) is 6.41. The summed E-state index contributed by atoms with van der Waals surface area (Å²) in [7, 11) is 2.77. The van der Waals surface area contributed by atoms with E-state index in [1.807, 2.05) is 0 Å². The molecule has 0 amide bonds. The molecule has 2 aromatic rings. The fraction of sp³-hybridized carbons (Fsp3) is 0. The Morgan fingerprint density at radius 1 is 0.722 bits per heavy atom. The van der Waals surface area contributed by atoms with Gasteiger partial charge in [-0.25, -0.2) is 8.78 Å². The monoisotopic (exact) mass is 410 g/mol. The first-order valence-electron chi connectivity index (χ1n) is 4.81. The van der Waals surface area contributed by atoms with E-state index in [1.54, 1.807) is 24.3 Å². The van der Waals surface area contributed by atoms with Crippen molar-refractivity contribution < 1.29 is 8.78 Å². The van der Waals surface area contributed by atoms with Gasteiger partial charge in [0.1, 0.15) is 11.6 Å². The van der Waals surface area contributed by atoms with Crippen LogP contribution in [-0.4, -0.2) is 0 Å². The van der Waals surface area contributed by atoms with Crippen molar-refractivity contribution in [2.45, 2.75) is 9.79 Å². The fourth-order valence-corrected chi connectivity index (χ4v) is 3.59. The van der Waals surface area contributed by atoms with Crippen LogP contribution in [0.5, 0.6) is 0 Å². The van der Waals surface area contributed by atoms with Crippen molar-refractivity contribution in [3.05, 3.63) is 57.0 Å². The van der Waals surface area contributed by atoms with E-state index >= 15 is 0 Å². The van der Waals surface area contributed by atoms with Gasteiger partial charge in [-0.1, -0.05) is 21.6 Å². The van der Waals surface area contributed by atoms with Crippen LogP contribution in [0.25, 0.3) is 0 Å². The molecule has 0 heterocycles. The quantitative estimate of drug-likeness (QED) is 0.544. The Kier molecular flexibility index (Phi) is 5.12. The van der Waals surface area contributed by atoms with E-state index in [1.165, 1.54) is 33.7 Å². The van der Waals surface area contributed by atoms with Gasteiger partial charge in [0.2, 0.25) is 0 Å². The van der Waals surface area contributed by atoms with Gasteiger partial charge in [-0.3, -0.25) is 0 Å². The van der Waals surface area contributed by atoms with Crippen LogP contribution in [0.2, 0.25) is 0 Å². The first-order chi connectivity index (χ1) is 8.56. The molecule has 2 aromatic carbocycles. The lowest BCUT2D eigenvalue weighted by atomic mass is 10.3. The van der Waals surface area contributed by atoms with Gasteiger partial charge in [0.25, 0.3) is 0 Å². The minimum absolute atomic E-state index is 0.303. The molecule has 0 radical (unpaired) electrons. The summed E-state index contributed by atoms with van der Waals surface area (Å²) in [6.07, 6.45) is 0. The topological polar surface area (TPSA) is 0 Å². The summed E-state index contributed by atoms with van der Waals surface area (Å²) in [6, 6.07) is 9.80. The third kappa shape index (κ3) is 3.73. The first kappa shape index (κ1) is 14.4. The van der Waals surface area contributed by atoms with E-state index in [0.29, 0.717) is 8.95 Å². The first-order valence-corrected chi connectivity index (χ1v) is 8.54. The third-order valence-corrected chi connectivity index (χ3v) is 5.68. The number of hydrogen-bond donors (Lipinski definition) is 0. The number of benzene rings is 2. The third-order valence-electron chi connectivity index (χ3n) is 2.02. The zero-order valence-electron chi connectivity index (χ0n) is 8.79. The summed E-state index contributed by atoms with van der Waals surface area (Å²) < 4.78 is 27.4. The zero-order valence-corrected chi connectivity index (χ0v) is 13.6. The lowest BCUT2D eigenvalue weighted by molar-refractivity contribution is 0.617. The molecule has 2 rings (SSSR count). The van der Waals surface area contributed by atoms with Gasteiger partial charge in [0, 0.05) is 9.79 Å². The minimum atomic E-state index is -0.303. The van der Waals surface area contributed by atoms with Crippen LogP contribution < -0.4 is 0 Å². The average molecular weight is 412 g/mol. The van der Waals surface area contributed by atoms with Crippen LogP contribution >= 0.6 is 53.4 Å². The molecule has 0 fully saturated rings. The molecule has 6 heteroatoms. The predicted octanol–water partition coefficient (Wildman–Crippen LogP) is 6.29. The van der Waals surface area contributed by atoms with Crippen molar-refractivity contribution in [3.63, 3.8) is 0 Å². The molecule has 0 atom stereocenters. The standard InChI is InChI=1S/C12H6Br2F2S2/c13-9-3-1-7(5-11(9)15)17-18-8-2-4-10(14)12(16)6-8/h1-6H. The van der Waals surface area contributed by atoms with Gasteiger partial charge in [0.05, 0.1) is 8.95 Å². The molecule has 0 unspecified atom stereocenters. The normalized spacial score (nSPS) is 10.7. The largest absolute Gasteiger partial charge is 0.206 e. The van der Waals surface area contributed by atoms with Gasteiger partial charge in [-0.15, -0.1) is 0 Å². The maximum absolute atomic E-state index is 13.3. The van der Waals surface area contributed by atoms with Crippen LogP contribution in [-0.2, 0) is 0 Å². The van der Waals surface area contributed by atoms with E-state index in [0.717, 1.165) is 9.79 Å². The summed E-state index contributed by atoms with van der Waals surface area (Å²) in [4.78, 5) is 1.56. The zero-order chi connectivity index (χ0) is 13.1. The average Bonchev–Trinajstić information content (AvgIpc) is 2.35. The minimum Gasteiger partial charge on any atom is -0.206 e. The predicted molar refractivity (Wildman–Crippen MR) is 79.9 cm³/mol. The van der Waals surface area contributed by atoms with Gasteiger partial charge < -0.3 is 0 Å². The molecule has 0 aliphatic rings. The lowest BCUT2D eigenvalue weighted by Crippen LogP contribution is -1.79. The molecule has 0 saturated carbocycles. The molecular weight excluding hydrogens is 406 g/mol. The smallest absolute Gasteiger partial charge is 0.138 e. The molecule has 0 bridgehead atoms. The van der Waals surface area contributed by atoms with Crippen LogP contribution in [0.3, 0.4) is 0 Å². The van der Waals surface area contributed by atoms with Crippen molar-refractivity contribution in [2.24, 2.45) is 0 Å². The maximum atomic E-state index is 13.3. The van der Waals surface area contributed by atoms with E-state index < -0.39 is 0 Å². The maximum Gasteiger partial charge on any atom is 0.138 e. The Hall–Kier alpha value is -0.0400. The van der Waals surface area contributed by atoms with Crippen molar-refractivity contribution in [1.82, 2.24) is 0 Å². The fourth-order valence-electron chi connectivity index (χ4n) is 1.15. The van der Waals surface area contributed by atoms with Crippen molar-refractivity contribution in [1.29, 1.82) is 0 Å². The number of halogens is 4. The van der Waals surface area contributed by atoms with Gasteiger partial charge in [-0.05, 0) is 68.3 Å². The van der Waals surface area contributed by atoms with Crippen molar-refractivity contribution in [2.75, 3.05) is 0 Å². The highest BCUT2D eigenvalue weighted by Crippen LogP contribution is 2.39. The SMILES string of the molecule is Fc1cc(SSc2ccc(Br)c(F)c2)ccc1Br. The Labute approximate surface area is 128 Å². The van der Waals surface area contributed by atoms with Crippen LogP contribution in [0.1, 0.15) is 0 Å². The molecule has 0 spiro atoms. The van der Waals surface area contributed by atoms with E-state index in [4.69, 9.17) is 0 Å². The van der Waals surface area contributed by atoms with Gasteiger partial charge >= 0.3 is 0 Å². The van der Waals surface area contributed by atoms with Gasteiger partial charge in [0.15, 0.2) is 0 Å². The van der Waals surface area contributed by atoms with Crippen molar-refractivity contribution in [3.8, 4) is 0 Å². The van der Waals surface area contributed by atoms with Crippen LogP contribution in [0.4, 0.5) is 8.78 Å². The van der Waals surface area contributed by atoms with Crippen LogP contribution in [0.15, 0.2) is 55.1 Å². The molecule has 94 valence electrons. The van der Waals surface area contributed by atoms with E-state index in [2.05, 4.69) is 31.9 Å². The second-order valence-electron chi connectivity index (χ2n) is 3.32. The molecule has 18 heavy (non-hydrogen) atoms. The Morgan fingerprint density at radius 2 is 1.11 bits per heavy atom. The van der Waals surface area contributed by atoms with E-state index in [9.17, 15) is 8.78 Å². The second-order valence-corrected chi connectivity index (χ2v) is 7.30. The summed E-state index contributed by atoms with van der Waals surface area (Å²) >= 11 is 6.19. The Balaban J connectivity index is 2.06. The molecule has 0 nitrogen and oxygen atoms in total. The molecule has 0 aromatic heterocycles. The summed E-state index contributed by atoms with van der Waals surface area (Å²) in [6.45, 7) is 0. The molecule has 0 N–H and O–H groups in total. The van der Waals surface area contributed by atoms with Crippen LogP contribution in [0, 0.1) is 11.6 Å². The lowest BCUT2D eigenvalue weighted by Gasteiger charge is -2.03. The summed E-state index contributed by atoms with van der Waals surface area (Å²) in [5.41, 5.74) is 0. The number of hydrogen-bond acceptors (Lipinski definition) is 2. The van der Waals surface area contributed by atoms with Crippen molar-refractivity contribution >= 4 is 53.4 Å². The van der Waals surface area contributed by atoms with E-state index in [-0.39, 0.29) is 11.6 Å². The highest BCUT2D eigenvalue weighted by Gasteiger charge is 2.04. The Morgan fingerprint density at radius 3 is 1.44 bits per heavy atom. The number of rotatable bonds is 3.